The molecule has 0 aliphatic heterocycles. The van der Waals surface area contributed by atoms with E-state index >= 15 is 0 Å². The molecule has 3 aromatic carbocycles. The minimum absolute atomic E-state index is 0.161. The lowest BCUT2D eigenvalue weighted by Crippen LogP contribution is -2.49. The van der Waals surface area contributed by atoms with E-state index in [1.54, 1.807) is 79.7 Å². The lowest BCUT2D eigenvalue weighted by molar-refractivity contribution is -0.151. The Morgan fingerprint density at radius 2 is 1.36 bits per heavy atom. The number of hydrogen-bond acceptors (Lipinski definition) is 3. The van der Waals surface area contributed by atoms with Gasteiger partial charge in [0.2, 0.25) is 0 Å². The van der Waals surface area contributed by atoms with Crippen molar-refractivity contribution in [3.05, 3.63) is 101 Å². The van der Waals surface area contributed by atoms with Crippen molar-refractivity contribution in [2.75, 3.05) is 11.9 Å². The molecule has 0 fully saturated rings. The molecule has 0 aliphatic carbocycles. The third-order valence-electron chi connectivity index (χ3n) is 4.44. The van der Waals surface area contributed by atoms with E-state index in [1.807, 2.05) is 12.1 Å². The molecule has 0 heterocycles. The maximum absolute atomic E-state index is 13.6. The van der Waals surface area contributed by atoms with Crippen LogP contribution in [0.2, 0.25) is 5.02 Å². The molecule has 0 bridgehead atoms. The van der Waals surface area contributed by atoms with Gasteiger partial charge in [-0.25, -0.2) is 0 Å². The van der Waals surface area contributed by atoms with Gasteiger partial charge >= 0.3 is 5.97 Å². The van der Waals surface area contributed by atoms with Gasteiger partial charge in [-0.3, -0.25) is 9.59 Å². The summed E-state index contributed by atoms with van der Waals surface area (Å²) in [5.41, 5.74) is -0.0369. The summed E-state index contributed by atoms with van der Waals surface area (Å²) >= 11 is 5.93. The van der Waals surface area contributed by atoms with Crippen molar-refractivity contribution < 1.29 is 14.3 Å². The van der Waals surface area contributed by atoms with Crippen LogP contribution in [0, 0.1) is 0 Å². The molecule has 0 atom stereocenters. The normalized spacial score (nSPS) is 10.9. The van der Waals surface area contributed by atoms with E-state index < -0.39 is 17.3 Å². The molecule has 5 heteroatoms. The summed E-state index contributed by atoms with van der Waals surface area (Å²) in [6.07, 6.45) is 0. The zero-order valence-electron chi connectivity index (χ0n) is 15.4. The van der Waals surface area contributed by atoms with Gasteiger partial charge in [0.25, 0.3) is 5.91 Å². The second kappa shape index (κ2) is 8.72. The SMILES string of the molecule is CCOC(=O)C(C(=O)Nc1ccc(Cl)cc1)(c1ccccc1)c1ccccc1. The van der Waals surface area contributed by atoms with Gasteiger partial charge in [0.15, 0.2) is 5.41 Å². The van der Waals surface area contributed by atoms with Crippen molar-refractivity contribution in [2.45, 2.75) is 12.3 Å². The highest BCUT2D eigenvalue weighted by Gasteiger charge is 2.50. The van der Waals surface area contributed by atoms with Crippen LogP contribution in [0.1, 0.15) is 18.1 Å². The molecular weight excluding hydrogens is 374 g/mol. The number of amides is 1. The lowest BCUT2D eigenvalue weighted by Gasteiger charge is -2.31. The summed E-state index contributed by atoms with van der Waals surface area (Å²) in [7, 11) is 0. The predicted octanol–water partition coefficient (Wildman–Crippen LogP) is 4.83. The molecule has 3 rings (SSSR count). The molecule has 0 aromatic heterocycles. The first kappa shape index (κ1) is 19.6. The molecule has 0 aliphatic rings. The topological polar surface area (TPSA) is 55.4 Å². The van der Waals surface area contributed by atoms with Crippen molar-refractivity contribution in [3.63, 3.8) is 0 Å². The Labute approximate surface area is 169 Å². The van der Waals surface area contributed by atoms with E-state index in [4.69, 9.17) is 16.3 Å². The summed E-state index contributed by atoms with van der Waals surface area (Å²) in [4.78, 5) is 26.8. The molecule has 1 amide bonds. The third-order valence-corrected chi connectivity index (χ3v) is 4.69. The zero-order valence-corrected chi connectivity index (χ0v) is 16.1. The van der Waals surface area contributed by atoms with Crippen LogP contribution < -0.4 is 5.32 Å². The summed E-state index contributed by atoms with van der Waals surface area (Å²) in [6, 6.07) is 24.6. The van der Waals surface area contributed by atoms with Crippen molar-refractivity contribution in [1.29, 1.82) is 0 Å². The van der Waals surface area contributed by atoms with Gasteiger partial charge in [-0.15, -0.1) is 0 Å². The Morgan fingerprint density at radius 3 is 1.82 bits per heavy atom. The number of halogens is 1. The fourth-order valence-corrected chi connectivity index (χ4v) is 3.26. The van der Waals surface area contributed by atoms with E-state index in [0.29, 0.717) is 21.8 Å². The minimum atomic E-state index is -1.64. The fraction of sp³-hybridized carbons (Fsp3) is 0.130. The van der Waals surface area contributed by atoms with Crippen LogP contribution in [0.5, 0.6) is 0 Å². The predicted molar refractivity (Wildman–Crippen MR) is 110 cm³/mol. The smallest absolute Gasteiger partial charge is 0.330 e. The van der Waals surface area contributed by atoms with E-state index in [1.165, 1.54) is 0 Å². The summed E-state index contributed by atoms with van der Waals surface area (Å²) in [5, 5.41) is 3.40. The second-order valence-electron chi connectivity index (χ2n) is 6.16. The first-order chi connectivity index (χ1) is 13.6. The molecule has 142 valence electrons. The highest BCUT2D eigenvalue weighted by atomic mass is 35.5. The number of rotatable bonds is 6. The number of anilines is 1. The van der Waals surface area contributed by atoms with E-state index in [2.05, 4.69) is 5.32 Å². The number of carbonyl (C=O) groups excluding carboxylic acids is 2. The highest BCUT2D eigenvalue weighted by Crippen LogP contribution is 2.35. The van der Waals surface area contributed by atoms with E-state index in [9.17, 15) is 9.59 Å². The number of hydrogen-bond donors (Lipinski definition) is 1. The van der Waals surface area contributed by atoms with Crippen LogP contribution in [-0.2, 0) is 19.7 Å². The van der Waals surface area contributed by atoms with Crippen molar-refractivity contribution in [2.24, 2.45) is 0 Å². The molecule has 0 spiro atoms. The van der Waals surface area contributed by atoms with Crippen LogP contribution in [-0.4, -0.2) is 18.5 Å². The van der Waals surface area contributed by atoms with Crippen LogP contribution in [0.25, 0.3) is 0 Å². The summed E-state index contributed by atoms with van der Waals surface area (Å²) < 4.78 is 5.37. The van der Waals surface area contributed by atoms with Crippen molar-refractivity contribution >= 4 is 29.2 Å². The molecule has 0 saturated heterocycles. The number of carbonyl (C=O) groups is 2. The Balaban J connectivity index is 2.18. The average molecular weight is 394 g/mol. The zero-order chi connectivity index (χ0) is 20.0. The Kier molecular flexibility index (Phi) is 6.12. The Hall–Kier alpha value is -3.11. The summed E-state index contributed by atoms with van der Waals surface area (Å²) in [5.74, 6) is -1.12. The van der Waals surface area contributed by atoms with E-state index in [0.717, 1.165) is 0 Å². The van der Waals surface area contributed by atoms with Crippen LogP contribution in [0.15, 0.2) is 84.9 Å². The van der Waals surface area contributed by atoms with Gasteiger partial charge in [0, 0.05) is 10.7 Å². The van der Waals surface area contributed by atoms with Crippen LogP contribution in [0.4, 0.5) is 5.69 Å². The molecule has 0 radical (unpaired) electrons. The number of nitrogens with one attached hydrogen (secondary N) is 1. The van der Waals surface area contributed by atoms with Crippen LogP contribution >= 0.6 is 11.6 Å². The molecule has 28 heavy (non-hydrogen) atoms. The molecule has 3 aromatic rings. The van der Waals surface area contributed by atoms with Gasteiger partial charge in [-0.05, 0) is 42.3 Å². The van der Waals surface area contributed by atoms with Gasteiger partial charge in [0.1, 0.15) is 0 Å². The Bertz CT molecular complexity index is 901. The van der Waals surface area contributed by atoms with Gasteiger partial charge < -0.3 is 10.1 Å². The molecule has 0 saturated carbocycles. The fourth-order valence-electron chi connectivity index (χ4n) is 3.13. The van der Waals surface area contributed by atoms with Crippen LogP contribution in [0.3, 0.4) is 0 Å². The van der Waals surface area contributed by atoms with Gasteiger partial charge in [-0.1, -0.05) is 72.3 Å². The Morgan fingerprint density at radius 1 is 0.857 bits per heavy atom. The summed E-state index contributed by atoms with van der Waals surface area (Å²) in [6.45, 7) is 1.88. The average Bonchev–Trinajstić information content (AvgIpc) is 2.72. The standard InChI is InChI=1S/C23H20ClNO3/c1-2-28-22(27)23(17-9-5-3-6-10-17,18-11-7-4-8-12-18)21(26)25-20-15-13-19(24)14-16-20/h3-16H,2H2,1H3,(H,25,26). The first-order valence-corrected chi connectivity index (χ1v) is 9.32. The molecule has 4 nitrogen and oxygen atoms in total. The number of benzene rings is 3. The van der Waals surface area contributed by atoms with Gasteiger partial charge in [0.05, 0.1) is 6.61 Å². The first-order valence-electron chi connectivity index (χ1n) is 8.94. The van der Waals surface area contributed by atoms with Crippen molar-refractivity contribution in [3.8, 4) is 0 Å². The quantitative estimate of drug-likeness (QED) is 0.482. The number of ether oxygens (including phenoxy) is 1. The maximum Gasteiger partial charge on any atom is 0.330 e. The van der Waals surface area contributed by atoms with Gasteiger partial charge in [-0.2, -0.15) is 0 Å². The molecule has 0 unspecified atom stereocenters. The monoisotopic (exact) mass is 393 g/mol. The number of esters is 1. The largest absolute Gasteiger partial charge is 0.465 e. The van der Waals surface area contributed by atoms with Crippen molar-refractivity contribution in [1.82, 2.24) is 0 Å². The molecule has 1 N–H and O–H groups in total. The second-order valence-corrected chi connectivity index (χ2v) is 6.60. The molecular formula is C23H20ClNO3. The highest BCUT2D eigenvalue weighted by molar-refractivity contribution is 6.30. The van der Waals surface area contributed by atoms with E-state index in [-0.39, 0.29) is 6.61 Å². The maximum atomic E-state index is 13.6. The third kappa shape index (κ3) is 3.78. The minimum Gasteiger partial charge on any atom is -0.465 e. The lowest BCUT2D eigenvalue weighted by atomic mass is 9.73.